The normalized spacial score (nSPS) is 18.1. The lowest BCUT2D eigenvalue weighted by Gasteiger charge is -2.20. The molecule has 2 fully saturated rings. The molecule has 2 N–H and O–H groups in total. The van der Waals surface area contributed by atoms with E-state index in [-0.39, 0.29) is 24.2 Å². The molecule has 1 saturated carbocycles. The van der Waals surface area contributed by atoms with Crippen LogP contribution in [-0.2, 0) is 9.59 Å². The smallest absolute Gasteiger partial charge is 0.325 e. The van der Waals surface area contributed by atoms with E-state index in [4.69, 9.17) is 0 Å². The van der Waals surface area contributed by atoms with E-state index in [9.17, 15) is 18.8 Å². The van der Waals surface area contributed by atoms with Crippen LogP contribution in [0.3, 0.4) is 0 Å². The number of anilines is 1. The Labute approximate surface area is 157 Å². The molecule has 0 bridgehead atoms. The van der Waals surface area contributed by atoms with Gasteiger partial charge < -0.3 is 15.5 Å². The van der Waals surface area contributed by atoms with Gasteiger partial charge in [-0.1, -0.05) is 25.0 Å². The second-order valence-electron chi connectivity index (χ2n) is 7.19. The van der Waals surface area contributed by atoms with Crippen LogP contribution in [0.25, 0.3) is 0 Å². The standard InChI is InChI=1S/C19H25FN4O3/c1-23(15-8-3-2-7-14(15)20)12-6-11-21-16(25)13-24-17(26)19(22-18(24)27)9-4-5-10-19/h2-3,7-8H,4-6,9-13H2,1H3,(H,21,25)(H,22,27). The second kappa shape index (κ2) is 7.94. The third-order valence-corrected chi connectivity index (χ3v) is 5.26. The van der Waals surface area contributed by atoms with Gasteiger partial charge in [-0.25, -0.2) is 9.18 Å². The minimum atomic E-state index is -0.792. The van der Waals surface area contributed by atoms with Gasteiger partial charge in [0.05, 0.1) is 5.69 Å². The summed E-state index contributed by atoms with van der Waals surface area (Å²) < 4.78 is 13.7. The highest BCUT2D eigenvalue weighted by Gasteiger charge is 2.52. The summed E-state index contributed by atoms with van der Waals surface area (Å²) in [6.07, 6.45) is 3.69. The Bertz CT molecular complexity index is 733. The fraction of sp³-hybridized carbons (Fsp3) is 0.526. The van der Waals surface area contributed by atoms with Crippen molar-refractivity contribution in [1.29, 1.82) is 0 Å². The van der Waals surface area contributed by atoms with Gasteiger partial charge in [0.15, 0.2) is 0 Å². The van der Waals surface area contributed by atoms with Crippen molar-refractivity contribution in [3.63, 3.8) is 0 Å². The highest BCUT2D eigenvalue weighted by Crippen LogP contribution is 2.34. The third-order valence-electron chi connectivity index (χ3n) is 5.26. The van der Waals surface area contributed by atoms with Crippen LogP contribution >= 0.6 is 0 Å². The number of benzene rings is 1. The van der Waals surface area contributed by atoms with Crippen LogP contribution in [0.4, 0.5) is 14.9 Å². The van der Waals surface area contributed by atoms with Crippen molar-refractivity contribution in [2.24, 2.45) is 0 Å². The Morgan fingerprint density at radius 2 is 2.00 bits per heavy atom. The molecule has 1 heterocycles. The van der Waals surface area contributed by atoms with Gasteiger partial charge in [0.2, 0.25) is 5.91 Å². The van der Waals surface area contributed by atoms with Crippen LogP contribution < -0.4 is 15.5 Å². The van der Waals surface area contributed by atoms with Crippen molar-refractivity contribution < 1.29 is 18.8 Å². The molecular weight excluding hydrogens is 351 g/mol. The molecule has 1 saturated heterocycles. The quantitative estimate of drug-likeness (QED) is 0.560. The molecule has 0 unspecified atom stereocenters. The summed E-state index contributed by atoms with van der Waals surface area (Å²) in [5.74, 6) is -0.954. The van der Waals surface area contributed by atoms with Crippen molar-refractivity contribution in [1.82, 2.24) is 15.5 Å². The number of halogens is 1. The summed E-state index contributed by atoms with van der Waals surface area (Å²) in [5, 5.41) is 5.47. The molecule has 146 valence electrons. The molecule has 4 amide bonds. The maximum atomic E-state index is 13.7. The highest BCUT2D eigenvalue weighted by molar-refractivity contribution is 6.09. The zero-order chi connectivity index (χ0) is 19.4. The zero-order valence-corrected chi connectivity index (χ0v) is 15.5. The number of nitrogens with one attached hydrogen (secondary N) is 2. The van der Waals surface area contributed by atoms with Gasteiger partial charge in [-0.3, -0.25) is 14.5 Å². The molecule has 1 aliphatic carbocycles. The molecule has 8 heteroatoms. The van der Waals surface area contributed by atoms with Crippen molar-refractivity contribution >= 4 is 23.5 Å². The molecule has 3 rings (SSSR count). The van der Waals surface area contributed by atoms with Crippen LogP contribution in [0.15, 0.2) is 24.3 Å². The van der Waals surface area contributed by atoms with Gasteiger partial charge in [-0.2, -0.15) is 0 Å². The van der Waals surface area contributed by atoms with E-state index in [1.165, 1.54) is 6.07 Å². The topological polar surface area (TPSA) is 81.8 Å². The average molecular weight is 376 g/mol. The predicted molar refractivity (Wildman–Crippen MR) is 98.7 cm³/mol. The first kappa shape index (κ1) is 19.1. The van der Waals surface area contributed by atoms with E-state index in [1.807, 2.05) is 0 Å². The summed E-state index contributed by atoms with van der Waals surface area (Å²) in [6, 6.07) is 6.02. The zero-order valence-electron chi connectivity index (χ0n) is 15.5. The summed E-state index contributed by atoms with van der Waals surface area (Å²) in [6.45, 7) is 0.676. The Balaban J connectivity index is 1.42. The molecule has 1 aliphatic heterocycles. The number of hydrogen-bond donors (Lipinski definition) is 2. The van der Waals surface area contributed by atoms with Crippen molar-refractivity contribution in [2.75, 3.05) is 31.6 Å². The van der Waals surface area contributed by atoms with Gasteiger partial charge in [0.1, 0.15) is 17.9 Å². The number of carbonyl (C=O) groups excluding carboxylic acids is 3. The predicted octanol–water partition coefficient (Wildman–Crippen LogP) is 1.63. The number of hydrogen-bond acceptors (Lipinski definition) is 4. The Morgan fingerprint density at radius 3 is 2.70 bits per heavy atom. The first-order chi connectivity index (χ1) is 12.9. The summed E-state index contributed by atoms with van der Waals surface area (Å²) >= 11 is 0. The first-order valence-electron chi connectivity index (χ1n) is 9.29. The first-order valence-corrected chi connectivity index (χ1v) is 9.29. The summed E-state index contributed by atoms with van der Waals surface area (Å²) in [5.41, 5.74) is -0.287. The van der Waals surface area contributed by atoms with Crippen molar-refractivity contribution in [2.45, 2.75) is 37.6 Å². The largest absolute Gasteiger partial charge is 0.372 e. The summed E-state index contributed by atoms with van der Waals surface area (Å²) in [7, 11) is 1.79. The number of imide groups is 1. The van der Waals surface area contributed by atoms with Gasteiger partial charge in [0, 0.05) is 20.1 Å². The van der Waals surface area contributed by atoms with Crippen LogP contribution in [0.1, 0.15) is 32.1 Å². The maximum Gasteiger partial charge on any atom is 0.325 e. The fourth-order valence-electron chi connectivity index (χ4n) is 3.76. The monoisotopic (exact) mass is 376 g/mol. The number of nitrogens with zero attached hydrogens (tertiary/aromatic N) is 2. The molecule has 0 atom stereocenters. The molecule has 2 aliphatic rings. The maximum absolute atomic E-state index is 13.7. The Hall–Kier alpha value is -2.64. The SMILES string of the molecule is CN(CCCNC(=O)CN1C(=O)NC2(CCCC2)C1=O)c1ccccc1F. The van der Waals surface area contributed by atoms with Crippen LogP contribution in [0.2, 0.25) is 0 Å². The lowest BCUT2D eigenvalue weighted by molar-refractivity contribution is -0.134. The number of amides is 4. The third kappa shape index (κ3) is 4.04. The molecule has 1 aromatic carbocycles. The van der Waals surface area contributed by atoms with E-state index in [2.05, 4.69) is 10.6 Å². The molecule has 7 nitrogen and oxygen atoms in total. The van der Waals surface area contributed by atoms with E-state index < -0.39 is 11.6 Å². The van der Waals surface area contributed by atoms with E-state index in [0.29, 0.717) is 38.0 Å². The number of urea groups is 1. The lowest BCUT2D eigenvalue weighted by Crippen LogP contribution is -2.45. The van der Waals surface area contributed by atoms with Gasteiger partial charge >= 0.3 is 6.03 Å². The summed E-state index contributed by atoms with van der Waals surface area (Å²) in [4.78, 5) is 39.5. The van der Waals surface area contributed by atoms with Gasteiger partial charge in [0.25, 0.3) is 5.91 Å². The van der Waals surface area contributed by atoms with E-state index in [1.54, 1.807) is 30.1 Å². The van der Waals surface area contributed by atoms with Gasteiger partial charge in [-0.15, -0.1) is 0 Å². The molecule has 1 spiro atoms. The van der Waals surface area contributed by atoms with Crippen LogP contribution in [0.5, 0.6) is 0 Å². The number of para-hydroxylation sites is 1. The molecule has 0 radical (unpaired) electrons. The van der Waals surface area contributed by atoms with E-state index >= 15 is 0 Å². The van der Waals surface area contributed by atoms with Crippen molar-refractivity contribution in [3.8, 4) is 0 Å². The molecule has 27 heavy (non-hydrogen) atoms. The minimum absolute atomic E-state index is 0.268. The number of carbonyl (C=O) groups is 3. The molecular formula is C19H25FN4O3. The Kier molecular flexibility index (Phi) is 5.62. The average Bonchev–Trinajstić information content (AvgIpc) is 3.20. The fourth-order valence-corrected chi connectivity index (χ4v) is 3.76. The lowest BCUT2D eigenvalue weighted by atomic mass is 9.98. The highest BCUT2D eigenvalue weighted by atomic mass is 19.1. The van der Waals surface area contributed by atoms with Crippen molar-refractivity contribution in [3.05, 3.63) is 30.1 Å². The van der Waals surface area contributed by atoms with Crippen LogP contribution in [-0.4, -0.2) is 55.0 Å². The Morgan fingerprint density at radius 1 is 1.30 bits per heavy atom. The van der Waals surface area contributed by atoms with E-state index in [0.717, 1.165) is 17.7 Å². The second-order valence-corrected chi connectivity index (χ2v) is 7.19. The molecule has 1 aromatic rings. The number of rotatable bonds is 7. The minimum Gasteiger partial charge on any atom is -0.372 e. The van der Waals surface area contributed by atoms with Crippen LogP contribution in [0, 0.1) is 5.82 Å². The molecule has 0 aromatic heterocycles. The van der Waals surface area contributed by atoms with Gasteiger partial charge in [-0.05, 0) is 31.4 Å².